The van der Waals surface area contributed by atoms with Gasteiger partial charge in [0.2, 0.25) is 11.8 Å². The molecule has 0 aromatic rings. The van der Waals surface area contributed by atoms with E-state index in [9.17, 15) is 9.59 Å². The minimum absolute atomic E-state index is 0.167. The third kappa shape index (κ3) is 6.82. The average Bonchev–Trinajstić information content (AvgIpc) is 3.04. The Balaban J connectivity index is 1.62. The summed E-state index contributed by atoms with van der Waals surface area (Å²) in [7, 11) is 0. The second-order valence-corrected chi connectivity index (χ2v) is 6.87. The van der Waals surface area contributed by atoms with Crippen LogP contribution < -0.4 is 10.6 Å². The highest BCUT2D eigenvalue weighted by molar-refractivity contribution is 5.79. The number of likely N-dealkylation sites (tertiary alicyclic amines) is 1. The maximum Gasteiger partial charge on any atom is 0.222 e. The lowest BCUT2D eigenvalue weighted by Crippen LogP contribution is -2.50. The maximum absolute atomic E-state index is 11.6. The topological polar surface area (TPSA) is 80.3 Å². The first-order valence-electron chi connectivity index (χ1n) is 9.88. The average molecular weight is 367 g/mol. The molecule has 2 aliphatic rings. The van der Waals surface area contributed by atoms with Crippen LogP contribution in [-0.4, -0.2) is 97.9 Å². The van der Waals surface area contributed by atoms with Crippen molar-refractivity contribution in [2.24, 2.45) is 4.99 Å². The van der Waals surface area contributed by atoms with E-state index in [1.54, 1.807) is 6.92 Å². The summed E-state index contributed by atoms with van der Waals surface area (Å²) in [4.78, 5) is 33.8. The van der Waals surface area contributed by atoms with Gasteiger partial charge in [-0.2, -0.15) is 0 Å². The molecule has 0 spiro atoms. The molecule has 2 saturated heterocycles. The fraction of sp³-hybridized carbons (Fsp3) is 0.833. The van der Waals surface area contributed by atoms with Gasteiger partial charge in [-0.05, 0) is 19.8 Å². The molecule has 0 unspecified atom stereocenters. The highest BCUT2D eigenvalue weighted by Crippen LogP contribution is 2.09. The van der Waals surface area contributed by atoms with Crippen LogP contribution in [0.3, 0.4) is 0 Å². The van der Waals surface area contributed by atoms with Crippen molar-refractivity contribution in [1.82, 2.24) is 25.3 Å². The highest BCUT2D eigenvalue weighted by Gasteiger charge is 2.19. The molecule has 2 fully saturated rings. The number of rotatable bonds is 8. The molecule has 8 heteroatoms. The van der Waals surface area contributed by atoms with Gasteiger partial charge in [0.25, 0.3) is 0 Å². The molecule has 2 amide bonds. The first kappa shape index (κ1) is 20.5. The first-order valence-corrected chi connectivity index (χ1v) is 9.88. The van der Waals surface area contributed by atoms with Gasteiger partial charge in [-0.25, -0.2) is 0 Å². The van der Waals surface area contributed by atoms with Crippen molar-refractivity contribution in [2.75, 3.05) is 65.4 Å². The minimum atomic E-state index is 0.167. The van der Waals surface area contributed by atoms with E-state index in [0.717, 1.165) is 84.2 Å². The SMILES string of the molecule is CCNC(=NCCCN1CCCC1=O)NCCN1CCN(C(C)=O)CC1. The molecule has 2 rings (SSSR count). The summed E-state index contributed by atoms with van der Waals surface area (Å²) < 4.78 is 0. The number of carbonyl (C=O) groups is 2. The molecule has 0 aliphatic carbocycles. The van der Waals surface area contributed by atoms with Crippen LogP contribution in [0.1, 0.15) is 33.1 Å². The maximum atomic E-state index is 11.6. The lowest BCUT2D eigenvalue weighted by Gasteiger charge is -2.34. The smallest absolute Gasteiger partial charge is 0.222 e. The predicted octanol–water partition coefficient (Wildman–Crippen LogP) is -0.282. The molecule has 148 valence electrons. The number of aliphatic imine (C=N–C) groups is 1. The number of hydrogen-bond donors (Lipinski definition) is 2. The number of nitrogens with one attached hydrogen (secondary N) is 2. The summed E-state index contributed by atoms with van der Waals surface area (Å²) in [5.74, 6) is 1.28. The Morgan fingerprint density at radius 3 is 2.50 bits per heavy atom. The van der Waals surface area contributed by atoms with Crippen molar-refractivity contribution in [2.45, 2.75) is 33.1 Å². The molecule has 0 bridgehead atoms. The van der Waals surface area contributed by atoms with Crippen LogP contribution in [0.4, 0.5) is 0 Å². The second-order valence-electron chi connectivity index (χ2n) is 6.87. The van der Waals surface area contributed by atoms with Gasteiger partial charge < -0.3 is 20.4 Å². The molecular formula is C18H34N6O2. The normalized spacial score (nSPS) is 19.2. The Morgan fingerprint density at radius 1 is 1.12 bits per heavy atom. The van der Waals surface area contributed by atoms with E-state index in [2.05, 4.69) is 27.4 Å². The molecule has 0 aromatic heterocycles. The summed E-state index contributed by atoms with van der Waals surface area (Å²) in [6, 6.07) is 0. The molecule has 0 aromatic carbocycles. The van der Waals surface area contributed by atoms with E-state index in [4.69, 9.17) is 0 Å². The van der Waals surface area contributed by atoms with E-state index in [0.29, 0.717) is 6.42 Å². The quantitative estimate of drug-likeness (QED) is 0.351. The van der Waals surface area contributed by atoms with Crippen molar-refractivity contribution in [1.29, 1.82) is 0 Å². The van der Waals surface area contributed by atoms with Crippen LogP contribution in [0, 0.1) is 0 Å². The van der Waals surface area contributed by atoms with Crippen LogP contribution in [0.15, 0.2) is 4.99 Å². The lowest BCUT2D eigenvalue weighted by molar-refractivity contribution is -0.130. The summed E-state index contributed by atoms with van der Waals surface area (Å²) in [5.41, 5.74) is 0. The molecule has 2 aliphatic heterocycles. The van der Waals surface area contributed by atoms with Crippen molar-refractivity contribution in [3.8, 4) is 0 Å². The van der Waals surface area contributed by atoms with Crippen molar-refractivity contribution in [3.63, 3.8) is 0 Å². The molecule has 2 N–H and O–H groups in total. The summed E-state index contributed by atoms with van der Waals surface area (Å²) >= 11 is 0. The number of guanidine groups is 1. The van der Waals surface area contributed by atoms with Crippen molar-refractivity contribution < 1.29 is 9.59 Å². The van der Waals surface area contributed by atoms with E-state index in [1.807, 2.05) is 9.80 Å². The minimum Gasteiger partial charge on any atom is -0.357 e. The van der Waals surface area contributed by atoms with Crippen LogP contribution in [0.5, 0.6) is 0 Å². The first-order chi connectivity index (χ1) is 12.6. The lowest BCUT2D eigenvalue weighted by atomic mass is 10.3. The van der Waals surface area contributed by atoms with E-state index in [1.165, 1.54) is 0 Å². The molecular weight excluding hydrogens is 332 g/mol. The Bertz CT molecular complexity index is 488. The van der Waals surface area contributed by atoms with Gasteiger partial charge in [-0.1, -0.05) is 0 Å². The number of amides is 2. The number of nitrogens with zero attached hydrogens (tertiary/aromatic N) is 4. The largest absolute Gasteiger partial charge is 0.357 e. The zero-order valence-corrected chi connectivity index (χ0v) is 16.3. The Hall–Kier alpha value is -1.83. The Kier molecular flexibility index (Phi) is 8.67. The fourth-order valence-corrected chi connectivity index (χ4v) is 3.35. The third-order valence-corrected chi connectivity index (χ3v) is 4.91. The molecule has 2 heterocycles. The molecule has 8 nitrogen and oxygen atoms in total. The van der Waals surface area contributed by atoms with Crippen LogP contribution in [0.2, 0.25) is 0 Å². The zero-order chi connectivity index (χ0) is 18.8. The van der Waals surface area contributed by atoms with Gasteiger partial charge >= 0.3 is 0 Å². The summed E-state index contributed by atoms with van der Waals surface area (Å²) in [5, 5.41) is 6.64. The van der Waals surface area contributed by atoms with Gasteiger partial charge in [0.05, 0.1) is 0 Å². The Morgan fingerprint density at radius 2 is 1.88 bits per heavy atom. The van der Waals surface area contributed by atoms with Crippen LogP contribution in [-0.2, 0) is 9.59 Å². The molecule has 0 atom stereocenters. The number of hydrogen-bond acceptors (Lipinski definition) is 4. The number of piperazine rings is 1. The van der Waals surface area contributed by atoms with E-state index >= 15 is 0 Å². The highest BCUT2D eigenvalue weighted by atomic mass is 16.2. The van der Waals surface area contributed by atoms with E-state index < -0.39 is 0 Å². The molecule has 0 radical (unpaired) electrons. The van der Waals surface area contributed by atoms with Gasteiger partial charge in [0, 0.05) is 78.8 Å². The standard InChI is InChI=1S/C18H34N6O2/c1-3-19-18(20-7-5-10-24-9-4-6-17(24)26)21-8-11-22-12-14-23(15-13-22)16(2)25/h3-15H2,1-2H3,(H2,19,20,21). The van der Waals surface area contributed by atoms with E-state index in [-0.39, 0.29) is 11.8 Å². The van der Waals surface area contributed by atoms with Gasteiger partial charge in [0.1, 0.15) is 0 Å². The van der Waals surface area contributed by atoms with Gasteiger partial charge in [0.15, 0.2) is 5.96 Å². The number of carbonyl (C=O) groups excluding carboxylic acids is 2. The third-order valence-electron chi connectivity index (χ3n) is 4.91. The van der Waals surface area contributed by atoms with Gasteiger partial charge in [-0.3, -0.25) is 19.5 Å². The molecule has 26 heavy (non-hydrogen) atoms. The summed E-state index contributed by atoms with van der Waals surface area (Å²) in [6.07, 6.45) is 2.59. The van der Waals surface area contributed by atoms with Crippen LogP contribution >= 0.6 is 0 Å². The molecule has 0 saturated carbocycles. The van der Waals surface area contributed by atoms with Crippen molar-refractivity contribution >= 4 is 17.8 Å². The predicted molar refractivity (Wildman–Crippen MR) is 103 cm³/mol. The zero-order valence-electron chi connectivity index (χ0n) is 16.3. The summed E-state index contributed by atoms with van der Waals surface area (Å²) in [6.45, 7) is 12.2. The monoisotopic (exact) mass is 366 g/mol. The fourth-order valence-electron chi connectivity index (χ4n) is 3.35. The van der Waals surface area contributed by atoms with Crippen LogP contribution in [0.25, 0.3) is 0 Å². The van der Waals surface area contributed by atoms with Crippen molar-refractivity contribution in [3.05, 3.63) is 0 Å². The Labute approximate surface area is 157 Å². The van der Waals surface area contributed by atoms with Gasteiger partial charge in [-0.15, -0.1) is 0 Å². The second kappa shape index (κ2) is 11.0.